The van der Waals surface area contributed by atoms with Gasteiger partial charge in [0, 0.05) is 17.5 Å². The van der Waals surface area contributed by atoms with Crippen LogP contribution in [-0.2, 0) is 12.4 Å². The van der Waals surface area contributed by atoms with Gasteiger partial charge in [0.15, 0.2) is 0 Å². The molecule has 1 rings (SSSR count). The number of aliphatic hydroxyl groups is 1. The third-order valence-electron chi connectivity index (χ3n) is 2.03. The van der Waals surface area contributed by atoms with Crippen molar-refractivity contribution in [3.63, 3.8) is 0 Å². The van der Waals surface area contributed by atoms with E-state index < -0.39 is 0 Å². The molecule has 0 unspecified atom stereocenters. The summed E-state index contributed by atoms with van der Waals surface area (Å²) in [5, 5.41) is 18.8. The summed E-state index contributed by atoms with van der Waals surface area (Å²) in [6.45, 7) is 1.52. The van der Waals surface area contributed by atoms with Gasteiger partial charge in [0.05, 0.1) is 18.1 Å². The van der Waals surface area contributed by atoms with Crippen LogP contribution in [0, 0.1) is 19.3 Å². The molecule has 0 aliphatic heterocycles. The topological polar surface area (TPSA) is 53.4 Å². The molecule has 0 radical (unpaired) electrons. The molecule has 0 bridgehead atoms. The van der Waals surface area contributed by atoms with Gasteiger partial charge in [-0.1, -0.05) is 5.92 Å². The van der Waals surface area contributed by atoms with E-state index in [2.05, 4.69) is 10.9 Å². The fourth-order valence-corrected chi connectivity index (χ4v) is 1.89. The molecule has 0 aromatic carbocycles. The minimum absolute atomic E-state index is 0. The molecular weight excluding hydrogens is 246 g/mol. The molecule has 88 valence electrons. The molecule has 0 spiro atoms. The number of nitrogens with zero attached hydrogens (tertiary/aromatic N) is 1. The summed E-state index contributed by atoms with van der Waals surface area (Å²) in [5.41, 5.74) is 1.91. The number of aliphatic hydroxyl groups excluding tert-OH is 1. The highest BCUT2D eigenvalue weighted by Gasteiger charge is 2.10. The van der Waals surface area contributed by atoms with Crippen molar-refractivity contribution in [1.29, 1.82) is 0 Å². The minimum Gasteiger partial charge on any atom is -0.506 e. The standard InChI is InChI=1S/C11H13NO2S.ClH/c1-3-4-15-7-9-5-12-8(2)11(14)10(9)6-13;/h1,5,13-14H,4,6-7H2,2H3;1H. The lowest BCUT2D eigenvalue weighted by molar-refractivity contribution is 0.274. The number of rotatable bonds is 4. The average Bonchev–Trinajstić information content (AvgIpc) is 2.24. The summed E-state index contributed by atoms with van der Waals surface area (Å²) in [6, 6.07) is 0. The van der Waals surface area contributed by atoms with Crippen LogP contribution in [0.5, 0.6) is 5.75 Å². The zero-order valence-corrected chi connectivity index (χ0v) is 10.6. The first-order valence-electron chi connectivity index (χ1n) is 4.49. The van der Waals surface area contributed by atoms with Crippen molar-refractivity contribution in [2.24, 2.45) is 0 Å². The van der Waals surface area contributed by atoms with Crippen LogP contribution >= 0.6 is 24.2 Å². The Bertz CT molecular complexity index is 390. The van der Waals surface area contributed by atoms with Gasteiger partial charge >= 0.3 is 0 Å². The van der Waals surface area contributed by atoms with Crippen molar-refractivity contribution in [3.05, 3.63) is 23.0 Å². The van der Waals surface area contributed by atoms with Gasteiger partial charge in [-0.2, -0.15) is 0 Å². The average molecular weight is 260 g/mol. The summed E-state index contributed by atoms with van der Waals surface area (Å²) in [5.74, 6) is 3.86. The van der Waals surface area contributed by atoms with Crippen molar-refractivity contribution in [3.8, 4) is 18.1 Å². The predicted molar refractivity (Wildman–Crippen MR) is 68.8 cm³/mol. The van der Waals surface area contributed by atoms with Crippen LogP contribution in [0.3, 0.4) is 0 Å². The SMILES string of the molecule is C#CCSCc1cnc(C)c(O)c1CO.Cl. The van der Waals surface area contributed by atoms with Gasteiger partial charge in [-0.3, -0.25) is 4.98 Å². The zero-order chi connectivity index (χ0) is 11.3. The third kappa shape index (κ3) is 3.60. The Balaban J connectivity index is 0.00000225. The Morgan fingerprint density at radius 3 is 2.81 bits per heavy atom. The van der Waals surface area contributed by atoms with Crippen LogP contribution in [0.4, 0.5) is 0 Å². The van der Waals surface area contributed by atoms with Crippen molar-refractivity contribution < 1.29 is 10.2 Å². The van der Waals surface area contributed by atoms with Gasteiger partial charge in [0.2, 0.25) is 0 Å². The normalized spacial score (nSPS) is 9.31. The molecular formula is C11H14ClNO2S. The van der Waals surface area contributed by atoms with Crippen molar-refractivity contribution in [2.75, 3.05) is 5.75 Å². The number of hydrogen-bond donors (Lipinski definition) is 2. The zero-order valence-electron chi connectivity index (χ0n) is 8.93. The van der Waals surface area contributed by atoms with E-state index in [9.17, 15) is 5.11 Å². The second kappa shape index (κ2) is 7.39. The second-order valence-corrected chi connectivity index (χ2v) is 4.04. The number of terminal acetylenes is 1. The lowest BCUT2D eigenvalue weighted by Crippen LogP contribution is -1.97. The summed E-state index contributed by atoms with van der Waals surface area (Å²) in [7, 11) is 0. The number of aromatic hydroxyl groups is 1. The summed E-state index contributed by atoms with van der Waals surface area (Å²) >= 11 is 1.55. The molecule has 5 heteroatoms. The van der Waals surface area contributed by atoms with Crippen LogP contribution in [0.1, 0.15) is 16.8 Å². The molecule has 0 aliphatic carbocycles. The minimum atomic E-state index is -0.179. The monoisotopic (exact) mass is 259 g/mol. The Kier molecular flexibility index (Phi) is 6.98. The molecule has 0 saturated heterocycles. The first kappa shape index (κ1) is 15.1. The van der Waals surface area contributed by atoms with Crippen molar-refractivity contribution in [1.82, 2.24) is 4.98 Å². The first-order valence-corrected chi connectivity index (χ1v) is 5.64. The molecule has 0 fully saturated rings. The molecule has 0 saturated carbocycles. The van der Waals surface area contributed by atoms with Gasteiger partial charge in [-0.15, -0.1) is 30.6 Å². The van der Waals surface area contributed by atoms with E-state index in [0.29, 0.717) is 22.8 Å². The highest BCUT2D eigenvalue weighted by molar-refractivity contribution is 7.98. The fraction of sp³-hybridized carbons (Fsp3) is 0.364. The molecule has 2 N–H and O–H groups in total. The Morgan fingerprint density at radius 1 is 1.56 bits per heavy atom. The van der Waals surface area contributed by atoms with Gasteiger partial charge in [-0.25, -0.2) is 0 Å². The molecule has 3 nitrogen and oxygen atoms in total. The number of halogens is 1. The van der Waals surface area contributed by atoms with Crippen molar-refractivity contribution >= 4 is 24.2 Å². The van der Waals surface area contributed by atoms with Crippen LogP contribution in [0.2, 0.25) is 0 Å². The maximum Gasteiger partial charge on any atom is 0.142 e. The molecule has 1 aromatic heterocycles. The first-order chi connectivity index (χ1) is 7.20. The summed E-state index contributed by atoms with van der Waals surface area (Å²) < 4.78 is 0. The van der Waals surface area contributed by atoms with Gasteiger partial charge in [0.25, 0.3) is 0 Å². The number of aromatic nitrogens is 1. The largest absolute Gasteiger partial charge is 0.506 e. The van der Waals surface area contributed by atoms with E-state index in [4.69, 9.17) is 11.5 Å². The van der Waals surface area contributed by atoms with E-state index in [-0.39, 0.29) is 24.8 Å². The van der Waals surface area contributed by atoms with E-state index in [1.54, 1.807) is 24.9 Å². The number of aryl methyl sites for hydroxylation is 1. The van der Waals surface area contributed by atoms with E-state index in [0.717, 1.165) is 5.56 Å². The molecule has 0 aliphatic rings. The van der Waals surface area contributed by atoms with Crippen molar-refractivity contribution in [2.45, 2.75) is 19.3 Å². The van der Waals surface area contributed by atoms with Crippen LogP contribution in [0.25, 0.3) is 0 Å². The Labute approximate surface area is 106 Å². The summed E-state index contributed by atoms with van der Waals surface area (Å²) in [4.78, 5) is 4.04. The lowest BCUT2D eigenvalue weighted by atomic mass is 10.1. The highest BCUT2D eigenvalue weighted by Crippen LogP contribution is 2.26. The second-order valence-electron chi connectivity index (χ2n) is 3.05. The van der Waals surface area contributed by atoms with E-state index >= 15 is 0 Å². The van der Waals surface area contributed by atoms with Crippen LogP contribution in [0.15, 0.2) is 6.20 Å². The number of thioether (sulfide) groups is 1. The molecule has 16 heavy (non-hydrogen) atoms. The van der Waals surface area contributed by atoms with Crippen LogP contribution < -0.4 is 0 Å². The Hall–Kier alpha value is -0.890. The molecule has 1 heterocycles. The highest BCUT2D eigenvalue weighted by atomic mass is 35.5. The third-order valence-corrected chi connectivity index (χ3v) is 2.92. The number of hydrogen-bond acceptors (Lipinski definition) is 4. The molecule has 1 aromatic rings. The maximum absolute atomic E-state index is 9.66. The lowest BCUT2D eigenvalue weighted by Gasteiger charge is -2.09. The smallest absolute Gasteiger partial charge is 0.142 e. The molecule has 0 amide bonds. The molecule has 0 atom stereocenters. The summed E-state index contributed by atoms with van der Waals surface area (Å²) in [6.07, 6.45) is 6.80. The van der Waals surface area contributed by atoms with E-state index in [1.807, 2.05) is 0 Å². The van der Waals surface area contributed by atoms with E-state index in [1.165, 1.54) is 0 Å². The number of pyridine rings is 1. The quantitative estimate of drug-likeness (QED) is 0.640. The van der Waals surface area contributed by atoms with Crippen LogP contribution in [-0.4, -0.2) is 20.9 Å². The van der Waals surface area contributed by atoms with Gasteiger partial charge in [-0.05, 0) is 12.5 Å². The van der Waals surface area contributed by atoms with Gasteiger partial charge in [0.1, 0.15) is 5.75 Å². The predicted octanol–water partition coefficient (Wildman–Crippen LogP) is 1.88. The fourth-order valence-electron chi connectivity index (χ4n) is 1.20. The van der Waals surface area contributed by atoms with Gasteiger partial charge < -0.3 is 10.2 Å². The maximum atomic E-state index is 9.66. The Morgan fingerprint density at radius 2 is 2.25 bits per heavy atom.